The molecule has 2 heterocycles. The van der Waals surface area contributed by atoms with Gasteiger partial charge in [-0.15, -0.1) is 23.1 Å². The van der Waals surface area contributed by atoms with Gasteiger partial charge in [-0.1, -0.05) is 24.3 Å². The van der Waals surface area contributed by atoms with Crippen molar-refractivity contribution in [1.82, 2.24) is 4.98 Å². The highest BCUT2D eigenvalue weighted by atomic mass is 32.2. The maximum Gasteiger partial charge on any atom is 0.255 e. The largest absolute Gasteiger partial charge is 0.510 e. The van der Waals surface area contributed by atoms with Gasteiger partial charge in [-0.25, -0.2) is 4.98 Å². The topological polar surface area (TPSA) is 89.3 Å². The van der Waals surface area contributed by atoms with Crippen LogP contribution in [0.2, 0.25) is 0 Å². The minimum absolute atomic E-state index is 0.0998. The molecule has 1 aliphatic rings. The maximum atomic E-state index is 12.9. The van der Waals surface area contributed by atoms with Gasteiger partial charge in [-0.2, -0.15) is 0 Å². The summed E-state index contributed by atoms with van der Waals surface area (Å²) >= 11 is 3.06. The van der Waals surface area contributed by atoms with Crippen molar-refractivity contribution in [3.05, 3.63) is 89.1 Å². The second-order valence-corrected chi connectivity index (χ2v) is 9.39. The number of aromatic nitrogens is 1. The summed E-state index contributed by atoms with van der Waals surface area (Å²) in [5.41, 5.74) is 3.13. The first-order valence-electron chi connectivity index (χ1n) is 10.2. The monoisotopic (exact) mass is 472 g/mol. The molecule has 164 valence electrons. The number of rotatable bonds is 5. The molecule has 8 heteroatoms. The zero-order valence-corrected chi connectivity index (χ0v) is 19.3. The molecular formula is C25H20N4O2S2. The second kappa shape index (κ2) is 8.73. The summed E-state index contributed by atoms with van der Waals surface area (Å²) in [7, 11) is 0. The summed E-state index contributed by atoms with van der Waals surface area (Å²) in [4.78, 5) is 20.2. The van der Waals surface area contributed by atoms with Crippen LogP contribution in [0.4, 0.5) is 11.4 Å². The molecule has 0 fully saturated rings. The van der Waals surface area contributed by atoms with Gasteiger partial charge in [-0.3, -0.25) is 10.2 Å². The van der Waals surface area contributed by atoms with Crippen LogP contribution in [-0.4, -0.2) is 34.6 Å². The average molecular weight is 473 g/mol. The number of hydrogen-bond donors (Lipinski definition) is 3. The third-order valence-corrected chi connectivity index (χ3v) is 7.14. The smallest absolute Gasteiger partial charge is 0.255 e. The first kappa shape index (κ1) is 21.2. The molecule has 0 saturated heterocycles. The molecule has 4 aromatic rings. The van der Waals surface area contributed by atoms with Crippen molar-refractivity contribution >= 4 is 62.0 Å². The lowest BCUT2D eigenvalue weighted by Gasteiger charge is -2.19. The lowest BCUT2D eigenvalue weighted by atomic mass is 10.1. The highest BCUT2D eigenvalue weighted by Crippen LogP contribution is 2.35. The number of thioether (sulfide) groups is 1. The number of amides is 1. The Morgan fingerprint density at radius 3 is 2.76 bits per heavy atom. The molecule has 6 nitrogen and oxygen atoms in total. The number of nitrogens with one attached hydrogen (secondary N) is 2. The Hall–Kier alpha value is -3.62. The molecule has 0 unspecified atom stereocenters. The van der Waals surface area contributed by atoms with Crippen molar-refractivity contribution in [2.75, 3.05) is 23.0 Å². The number of hydrogen-bond acceptors (Lipinski definition) is 6. The number of aliphatic hydroxyl groups is 1. The van der Waals surface area contributed by atoms with E-state index < -0.39 is 0 Å². The molecule has 1 aromatic heterocycles. The van der Waals surface area contributed by atoms with Crippen LogP contribution in [-0.2, 0) is 0 Å². The van der Waals surface area contributed by atoms with E-state index in [0.717, 1.165) is 20.8 Å². The van der Waals surface area contributed by atoms with E-state index in [1.54, 1.807) is 34.9 Å². The molecule has 1 amide bonds. The number of aliphatic hydroxyl groups excluding tert-OH is 1. The Kier molecular flexibility index (Phi) is 5.62. The van der Waals surface area contributed by atoms with Gasteiger partial charge in [0.25, 0.3) is 5.91 Å². The fourth-order valence-corrected chi connectivity index (χ4v) is 5.22. The predicted octanol–water partition coefficient (Wildman–Crippen LogP) is 6.04. The lowest BCUT2D eigenvalue weighted by Crippen LogP contribution is -2.26. The summed E-state index contributed by atoms with van der Waals surface area (Å²) in [6.07, 6.45) is 1.99. The standard InChI is InChI=1S/C25H20N4O2S2/c1-32-18-9-5-7-16(13-18)27-24(31)15-6-4-8-17(12-15)29-14-20(30)22(23(29)26)25-28-19-10-2-3-11-21(19)33-25/h2-13,26,30H,14H2,1H3,(H,27,31). The summed E-state index contributed by atoms with van der Waals surface area (Å²) in [5, 5.41) is 22.9. The van der Waals surface area contributed by atoms with E-state index >= 15 is 0 Å². The third-order valence-electron chi connectivity index (χ3n) is 5.36. The van der Waals surface area contributed by atoms with E-state index in [0.29, 0.717) is 21.8 Å². The van der Waals surface area contributed by atoms with Crippen LogP contribution in [0.5, 0.6) is 0 Å². The first-order valence-corrected chi connectivity index (χ1v) is 12.3. The summed E-state index contributed by atoms with van der Waals surface area (Å²) in [6, 6.07) is 22.5. The van der Waals surface area contributed by atoms with Crippen molar-refractivity contribution in [2.45, 2.75) is 4.90 Å². The van der Waals surface area contributed by atoms with Gasteiger partial charge < -0.3 is 15.3 Å². The molecular weight excluding hydrogens is 452 g/mol. The Labute approximate surface area is 199 Å². The van der Waals surface area contributed by atoms with E-state index in [2.05, 4.69) is 10.3 Å². The quantitative estimate of drug-likeness (QED) is 0.308. The minimum Gasteiger partial charge on any atom is -0.510 e. The van der Waals surface area contributed by atoms with Crippen LogP contribution >= 0.6 is 23.1 Å². The van der Waals surface area contributed by atoms with E-state index in [4.69, 9.17) is 5.41 Å². The number of amidine groups is 1. The van der Waals surface area contributed by atoms with Crippen molar-refractivity contribution in [3.63, 3.8) is 0 Å². The normalized spacial score (nSPS) is 13.7. The highest BCUT2D eigenvalue weighted by Gasteiger charge is 2.31. The van der Waals surface area contributed by atoms with E-state index in [1.807, 2.05) is 60.9 Å². The Bertz CT molecular complexity index is 1390. The SMILES string of the molecule is CSc1cccc(NC(=O)c2cccc(N3CC(O)=C(c4nc5ccccc5s4)C3=N)c2)c1. The molecule has 0 spiro atoms. The van der Waals surface area contributed by atoms with Gasteiger partial charge >= 0.3 is 0 Å². The molecule has 33 heavy (non-hydrogen) atoms. The third kappa shape index (κ3) is 4.10. The number of anilines is 2. The number of benzene rings is 3. The summed E-state index contributed by atoms with van der Waals surface area (Å²) in [6.45, 7) is 0.158. The summed E-state index contributed by atoms with van der Waals surface area (Å²) in [5.74, 6) is 0.0315. The molecule has 3 N–H and O–H groups in total. The molecule has 0 radical (unpaired) electrons. The maximum absolute atomic E-state index is 12.9. The Balaban J connectivity index is 1.38. The van der Waals surface area contributed by atoms with Crippen LogP contribution < -0.4 is 10.2 Å². The molecule has 0 saturated carbocycles. The zero-order valence-electron chi connectivity index (χ0n) is 17.7. The number of para-hydroxylation sites is 1. The zero-order chi connectivity index (χ0) is 22.9. The summed E-state index contributed by atoms with van der Waals surface area (Å²) < 4.78 is 1.00. The fraction of sp³-hybridized carbons (Fsp3) is 0.0800. The van der Waals surface area contributed by atoms with Crippen LogP contribution in [0.1, 0.15) is 15.4 Å². The Morgan fingerprint density at radius 1 is 1.12 bits per heavy atom. The highest BCUT2D eigenvalue weighted by molar-refractivity contribution is 7.98. The van der Waals surface area contributed by atoms with E-state index in [9.17, 15) is 9.90 Å². The second-order valence-electron chi connectivity index (χ2n) is 7.48. The van der Waals surface area contributed by atoms with Crippen molar-refractivity contribution in [3.8, 4) is 0 Å². The number of thiazole rings is 1. The van der Waals surface area contributed by atoms with Gasteiger partial charge in [0.05, 0.1) is 22.3 Å². The van der Waals surface area contributed by atoms with Crippen molar-refractivity contribution in [2.24, 2.45) is 0 Å². The average Bonchev–Trinajstić information content (AvgIpc) is 3.38. The molecule has 5 rings (SSSR count). The van der Waals surface area contributed by atoms with Gasteiger partial charge in [0, 0.05) is 21.8 Å². The van der Waals surface area contributed by atoms with Gasteiger partial charge in [-0.05, 0) is 54.8 Å². The van der Waals surface area contributed by atoms with Crippen molar-refractivity contribution in [1.29, 1.82) is 5.41 Å². The van der Waals surface area contributed by atoms with Gasteiger partial charge in [0.2, 0.25) is 0 Å². The number of nitrogens with zero attached hydrogens (tertiary/aromatic N) is 2. The Morgan fingerprint density at radius 2 is 1.94 bits per heavy atom. The molecule has 3 aromatic carbocycles. The minimum atomic E-state index is -0.232. The van der Waals surface area contributed by atoms with E-state index in [-0.39, 0.29) is 24.0 Å². The van der Waals surface area contributed by atoms with E-state index in [1.165, 1.54) is 11.3 Å². The van der Waals surface area contributed by atoms with Crippen LogP contribution in [0.25, 0.3) is 15.8 Å². The molecule has 1 aliphatic heterocycles. The first-order chi connectivity index (χ1) is 16.0. The van der Waals surface area contributed by atoms with Crippen LogP contribution in [0.3, 0.4) is 0 Å². The molecule has 0 atom stereocenters. The predicted molar refractivity (Wildman–Crippen MR) is 137 cm³/mol. The molecule has 0 bridgehead atoms. The van der Waals surface area contributed by atoms with Crippen molar-refractivity contribution < 1.29 is 9.90 Å². The van der Waals surface area contributed by atoms with Gasteiger partial charge in [0.15, 0.2) is 0 Å². The lowest BCUT2D eigenvalue weighted by molar-refractivity contribution is 0.102. The van der Waals surface area contributed by atoms with Crippen LogP contribution in [0, 0.1) is 5.41 Å². The number of carbonyl (C=O) groups excluding carboxylic acids is 1. The fourth-order valence-electron chi connectivity index (χ4n) is 3.72. The molecule has 0 aliphatic carbocycles. The number of carbonyl (C=O) groups is 1. The van der Waals surface area contributed by atoms with Gasteiger partial charge in [0.1, 0.15) is 16.6 Å². The van der Waals surface area contributed by atoms with Crippen LogP contribution in [0.15, 0.2) is 83.5 Å². The number of fused-ring (bicyclic) bond motifs is 1.